The molecule has 3 fully saturated rings. The van der Waals surface area contributed by atoms with Gasteiger partial charge < -0.3 is 24.8 Å². The number of amides is 2. The van der Waals surface area contributed by atoms with Crippen LogP contribution in [0.15, 0.2) is 0 Å². The van der Waals surface area contributed by atoms with E-state index in [1.165, 1.54) is 4.90 Å². The van der Waals surface area contributed by atoms with Gasteiger partial charge in [0.05, 0.1) is 30.8 Å². The van der Waals surface area contributed by atoms with E-state index in [4.69, 9.17) is 9.47 Å². The minimum Gasteiger partial charge on any atom is -0.466 e. The molecule has 27 heavy (non-hydrogen) atoms. The average Bonchev–Trinajstić information content (AvgIpc) is 3.14. The molecule has 0 radical (unpaired) electrons. The largest absolute Gasteiger partial charge is 0.466 e. The van der Waals surface area contributed by atoms with Crippen molar-refractivity contribution in [1.82, 2.24) is 10.2 Å². The van der Waals surface area contributed by atoms with Crippen molar-refractivity contribution in [3.05, 3.63) is 0 Å². The fourth-order valence-electron chi connectivity index (χ4n) is 5.18. The van der Waals surface area contributed by atoms with Crippen LogP contribution >= 0.6 is 0 Å². The Morgan fingerprint density at radius 1 is 1.37 bits per heavy atom. The average molecular weight is 382 g/mol. The first-order valence-corrected chi connectivity index (χ1v) is 9.73. The highest BCUT2D eigenvalue weighted by Crippen LogP contribution is 2.63. The molecular weight excluding hydrogens is 352 g/mol. The van der Waals surface area contributed by atoms with Gasteiger partial charge in [-0.05, 0) is 47.5 Å². The lowest BCUT2D eigenvalue weighted by atomic mass is 9.66. The van der Waals surface area contributed by atoms with Crippen molar-refractivity contribution in [3.8, 4) is 0 Å². The number of hydrogen-bond acceptors (Lipinski definition) is 6. The Bertz CT molecular complexity index is 652. The predicted octanol–water partition coefficient (Wildman–Crippen LogP) is 0.220. The SMILES string of the molecule is CCOC(=O)[C@H]1[C@H]2C(=O)N([C@H](C)CO)C(C(=O)NC(C)C)C23CC[C@]1(C)O3. The summed E-state index contributed by atoms with van der Waals surface area (Å²) in [5.41, 5.74) is -1.89. The number of hydrogen-bond donors (Lipinski definition) is 2. The zero-order valence-corrected chi connectivity index (χ0v) is 16.7. The number of ether oxygens (including phenoxy) is 2. The molecule has 2 bridgehead atoms. The van der Waals surface area contributed by atoms with Crippen LogP contribution in [-0.4, -0.2) is 70.3 Å². The maximum absolute atomic E-state index is 13.4. The van der Waals surface area contributed by atoms with Gasteiger partial charge in [-0.25, -0.2) is 0 Å². The zero-order valence-electron chi connectivity index (χ0n) is 16.7. The Kier molecular flexibility index (Phi) is 5.01. The number of fused-ring (bicyclic) bond motifs is 1. The van der Waals surface area contributed by atoms with Gasteiger partial charge in [-0.1, -0.05) is 0 Å². The molecule has 2 amide bonds. The number of carbonyl (C=O) groups is 3. The van der Waals surface area contributed by atoms with Crippen LogP contribution in [0.25, 0.3) is 0 Å². The molecule has 0 aliphatic carbocycles. The second kappa shape index (κ2) is 6.74. The van der Waals surface area contributed by atoms with Gasteiger partial charge in [0.1, 0.15) is 17.6 Å². The van der Waals surface area contributed by atoms with Crippen molar-refractivity contribution in [1.29, 1.82) is 0 Å². The first kappa shape index (κ1) is 20.1. The summed E-state index contributed by atoms with van der Waals surface area (Å²) in [4.78, 5) is 40.6. The summed E-state index contributed by atoms with van der Waals surface area (Å²) < 4.78 is 11.6. The monoisotopic (exact) mass is 382 g/mol. The van der Waals surface area contributed by atoms with Crippen LogP contribution in [0.4, 0.5) is 0 Å². The third-order valence-corrected chi connectivity index (χ3v) is 6.17. The van der Waals surface area contributed by atoms with Gasteiger partial charge in [-0.2, -0.15) is 0 Å². The number of carbonyl (C=O) groups excluding carboxylic acids is 3. The minimum atomic E-state index is -1.06. The third-order valence-electron chi connectivity index (χ3n) is 6.17. The van der Waals surface area contributed by atoms with Gasteiger partial charge in [0.15, 0.2) is 0 Å². The van der Waals surface area contributed by atoms with Crippen LogP contribution in [0.5, 0.6) is 0 Å². The van der Waals surface area contributed by atoms with E-state index >= 15 is 0 Å². The van der Waals surface area contributed by atoms with Crippen molar-refractivity contribution in [2.75, 3.05) is 13.2 Å². The standard InChI is InChI=1S/C19H30N2O6/c1-6-26-17(25)13-12-16(24)21(11(4)9-22)14(15(23)20-10(2)3)19(12)8-7-18(13,5)27-19/h10-14,22H,6-9H2,1-5H3,(H,20,23)/t11-,12+,13-,14?,18+,19?/m1/s1. The molecule has 2 unspecified atom stereocenters. The lowest BCUT2D eigenvalue weighted by Gasteiger charge is -2.36. The third kappa shape index (κ3) is 2.76. The van der Waals surface area contributed by atoms with Gasteiger partial charge in [0.2, 0.25) is 11.8 Å². The Balaban J connectivity index is 2.07. The van der Waals surface area contributed by atoms with E-state index in [1.54, 1.807) is 13.8 Å². The van der Waals surface area contributed by atoms with Crippen LogP contribution in [0.2, 0.25) is 0 Å². The Morgan fingerprint density at radius 2 is 2.04 bits per heavy atom. The molecule has 3 saturated heterocycles. The molecule has 3 rings (SSSR count). The molecular formula is C19H30N2O6. The molecule has 1 spiro atoms. The number of rotatable bonds is 6. The molecule has 8 heteroatoms. The smallest absolute Gasteiger partial charge is 0.312 e. The molecule has 0 saturated carbocycles. The van der Waals surface area contributed by atoms with E-state index < -0.39 is 41.1 Å². The Morgan fingerprint density at radius 3 is 2.59 bits per heavy atom. The molecule has 3 heterocycles. The normalized spacial score (nSPS) is 38.3. The fourth-order valence-corrected chi connectivity index (χ4v) is 5.18. The van der Waals surface area contributed by atoms with Crippen molar-refractivity contribution >= 4 is 17.8 Å². The summed E-state index contributed by atoms with van der Waals surface area (Å²) in [5, 5.41) is 12.6. The number of likely N-dealkylation sites (tertiary alicyclic amines) is 1. The Labute approximate surface area is 159 Å². The number of nitrogens with one attached hydrogen (secondary N) is 1. The first-order valence-electron chi connectivity index (χ1n) is 9.73. The molecule has 152 valence electrons. The van der Waals surface area contributed by atoms with Gasteiger partial charge >= 0.3 is 5.97 Å². The summed E-state index contributed by atoms with van der Waals surface area (Å²) in [7, 11) is 0. The van der Waals surface area contributed by atoms with Gasteiger partial charge in [-0.3, -0.25) is 14.4 Å². The fraction of sp³-hybridized carbons (Fsp3) is 0.842. The van der Waals surface area contributed by atoms with Gasteiger partial charge in [0.25, 0.3) is 0 Å². The molecule has 2 N–H and O–H groups in total. The second-order valence-electron chi connectivity index (χ2n) is 8.42. The summed E-state index contributed by atoms with van der Waals surface area (Å²) in [6.07, 6.45) is 1.09. The highest BCUT2D eigenvalue weighted by Gasteiger charge is 2.78. The number of esters is 1. The van der Waals surface area contributed by atoms with Gasteiger partial charge in [-0.15, -0.1) is 0 Å². The summed E-state index contributed by atoms with van der Waals surface area (Å²) in [5.74, 6) is -2.60. The van der Waals surface area contributed by atoms with Crippen molar-refractivity contribution < 1.29 is 29.0 Å². The van der Waals surface area contributed by atoms with Crippen molar-refractivity contribution in [2.24, 2.45) is 11.8 Å². The van der Waals surface area contributed by atoms with Gasteiger partial charge in [0, 0.05) is 6.04 Å². The first-order chi connectivity index (χ1) is 12.6. The number of nitrogens with zero attached hydrogens (tertiary/aromatic N) is 1. The molecule has 0 aromatic heterocycles. The highest BCUT2D eigenvalue weighted by molar-refractivity contribution is 5.98. The maximum atomic E-state index is 13.4. The molecule has 0 aromatic carbocycles. The maximum Gasteiger partial charge on any atom is 0.312 e. The number of aliphatic hydroxyl groups excluding tert-OH is 1. The second-order valence-corrected chi connectivity index (χ2v) is 8.42. The summed E-state index contributed by atoms with van der Waals surface area (Å²) in [6, 6.07) is -1.54. The summed E-state index contributed by atoms with van der Waals surface area (Å²) >= 11 is 0. The van der Waals surface area contributed by atoms with E-state index in [1.807, 2.05) is 20.8 Å². The van der Waals surface area contributed by atoms with Crippen molar-refractivity contribution in [3.63, 3.8) is 0 Å². The molecule has 3 aliphatic rings. The van der Waals surface area contributed by atoms with Crippen LogP contribution in [0.3, 0.4) is 0 Å². The lowest BCUT2D eigenvalue weighted by molar-refractivity contribution is -0.160. The van der Waals surface area contributed by atoms with E-state index in [0.717, 1.165) is 0 Å². The van der Waals surface area contributed by atoms with E-state index in [0.29, 0.717) is 12.8 Å². The Hall–Kier alpha value is -1.67. The molecule has 8 nitrogen and oxygen atoms in total. The van der Waals surface area contributed by atoms with E-state index in [-0.39, 0.29) is 31.1 Å². The van der Waals surface area contributed by atoms with E-state index in [9.17, 15) is 19.5 Å². The molecule has 6 atom stereocenters. The molecule has 0 aromatic rings. The quantitative estimate of drug-likeness (QED) is 0.637. The summed E-state index contributed by atoms with van der Waals surface area (Å²) in [6.45, 7) is 8.87. The number of aliphatic hydroxyl groups is 1. The lowest BCUT2D eigenvalue weighted by Crippen LogP contribution is -2.58. The molecule has 3 aliphatic heterocycles. The van der Waals surface area contributed by atoms with Crippen molar-refractivity contribution in [2.45, 2.75) is 76.8 Å². The highest BCUT2D eigenvalue weighted by atomic mass is 16.6. The van der Waals surface area contributed by atoms with Crippen LogP contribution < -0.4 is 5.32 Å². The van der Waals surface area contributed by atoms with Crippen LogP contribution in [-0.2, 0) is 23.9 Å². The zero-order chi connectivity index (χ0) is 20.1. The van der Waals surface area contributed by atoms with E-state index in [2.05, 4.69) is 5.32 Å². The minimum absolute atomic E-state index is 0.107. The topological polar surface area (TPSA) is 105 Å². The predicted molar refractivity (Wildman–Crippen MR) is 95.5 cm³/mol. The van der Waals surface area contributed by atoms with Crippen LogP contribution in [0, 0.1) is 11.8 Å². The van der Waals surface area contributed by atoms with Crippen LogP contribution in [0.1, 0.15) is 47.5 Å².